The van der Waals surface area contributed by atoms with Gasteiger partial charge in [0.05, 0.1) is 16.1 Å². The number of carbonyl (C=O) groups excluding carboxylic acids is 2. The average Bonchev–Trinajstić information content (AvgIpc) is 3.17. The Bertz CT molecular complexity index is 670. The molecule has 22 heavy (non-hydrogen) atoms. The van der Waals surface area contributed by atoms with Gasteiger partial charge in [0.25, 0.3) is 11.8 Å². The number of anilines is 1. The Morgan fingerprint density at radius 2 is 2.05 bits per heavy atom. The van der Waals surface area contributed by atoms with E-state index in [4.69, 9.17) is 4.42 Å². The van der Waals surface area contributed by atoms with E-state index in [0.29, 0.717) is 9.88 Å². The maximum Gasteiger partial charge on any atom is 0.291 e. The smallest absolute Gasteiger partial charge is 0.291 e. The number of hydrogen-bond donors (Lipinski definition) is 1. The topological polar surface area (TPSA) is 62.6 Å². The lowest BCUT2D eigenvalue weighted by Crippen LogP contribution is -2.35. The maximum absolute atomic E-state index is 12.6. The third-order valence-corrected chi connectivity index (χ3v) is 4.88. The highest BCUT2D eigenvalue weighted by atomic mass is 32.1. The highest BCUT2D eigenvalue weighted by molar-refractivity contribution is 7.18. The summed E-state index contributed by atoms with van der Waals surface area (Å²) < 4.78 is 5.06. The molecule has 0 saturated carbocycles. The molecule has 1 N–H and O–H groups in total. The highest BCUT2D eigenvalue weighted by Gasteiger charge is 2.22. The molecule has 0 atom stereocenters. The minimum absolute atomic E-state index is 0.0701. The van der Waals surface area contributed by atoms with E-state index in [2.05, 4.69) is 5.32 Å². The molecule has 2 aromatic rings. The maximum atomic E-state index is 12.6. The van der Waals surface area contributed by atoms with Gasteiger partial charge in [0.2, 0.25) is 0 Å². The van der Waals surface area contributed by atoms with Crippen molar-refractivity contribution in [1.82, 2.24) is 4.90 Å². The fourth-order valence-corrected chi connectivity index (χ4v) is 3.61. The first-order valence-corrected chi connectivity index (χ1v) is 8.21. The molecule has 5 nitrogen and oxygen atoms in total. The van der Waals surface area contributed by atoms with Gasteiger partial charge in [0.1, 0.15) is 0 Å². The van der Waals surface area contributed by atoms with Gasteiger partial charge >= 0.3 is 0 Å². The van der Waals surface area contributed by atoms with Crippen molar-refractivity contribution in [3.05, 3.63) is 40.7 Å². The monoisotopic (exact) mass is 318 g/mol. The zero-order valence-corrected chi connectivity index (χ0v) is 13.2. The SMILES string of the molecule is Cc1cc(NC(=O)c2ccco2)sc1C(=O)N1CCCCC1. The quantitative estimate of drug-likeness (QED) is 0.941. The van der Waals surface area contributed by atoms with E-state index in [1.54, 1.807) is 12.1 Å². The third kappa shape index (κ3) is 3.06. The van der Waals surface area contributed by atoms with Crippen LogP contribution in [0, 0.1) is 6.92 Å². The summed E-state index contributed by atoms with van der Waals surface area (Å²) in [4.78, 5) is 27.1. The second-order valence-corrected chi connectivity index (χ2v) is 6.46. The highest BCUT2D eigenvalue weighted by Crippen LogP contribution is 2.29. The molecular formula is C16H18N2O3S. The van der Waals surface area contributed by atoms with Crippen molar-refractivity contribution < 1.29 is 14.0 Å². The lowest BCUT2D eigenvalue weighted by molar-refractivity contribution is 0.0728. The van der Waals surface area contributed by atoms with Crippen LogP contribution < -0.4 is 5.32 Å². The molecular weight excluding hydrogens is 300 g/mol. The molecule has 6 heteroatoms. The van der Waals surface area contributed by atoms with E-state index in [0.717, 1.165) is 31.5 Å². The zero-order valence-electron chi connectivity index (χ0n) is 12.4. The lowest BCUT2D eigenvalue weighted by Gasteiger charge is -2.26. The predicted molar refractivity (Wildman–Crippen MR) is 85.5 cm³/mol. The number of amides is 2. The van der Waals surface area contributed by atoms with Gasteiger partial charge in [0, 0.05) is 13.1 Å². The molecule has 1 saturated heterocycles. The number of rotatable bonds is 3. The molecule has 2 aromatic heterocycles. The second-order valence-electron chi connectivity index (χ2n) is 5.41. The van der Waals surface area contributed by atoms with E-state index >= 15 is 0 Å². The van der Waals surface area contributed by atoms with Crippen LogP contribution in [0.1, 0.15) is 45.1 Å². The largest absolute Gasteiger partial charge is 0.459 e. The van der Waals surface area contributed by atoms with Crippen molar-refractivity contribution in [2.75, 3.05) is 18.4 Å². The number of hydrogen-bond acceptors (Lipinski definition) is 4. The van der Waals surface area contributed by atoms with E-state index in [9.17, 15) is 9.59 Å². The number of piperidine rings is 1. The van der Waals surface area contributed by atoms with Crippen molar-refractivity contribution in [3.63, 3.8) is 0 Å². The summed E-state index contributed by atoms with van der Waals surface area (Å²) in [6.07, 6.45) is 4.79. The fourth-order valence-electron chi connectivity index (χ4n) is 2.58. The predicted octanol–water partition coefficient (Wildman–Crippen LogP) is 3.53. The molecule has 116 valence electrons. The van der Waals surface area contributed by atoms with E-state index in [-0.39, 0.29) is 17.6 Å². The van der Waals surface area contributed by atoms with Crippen LogP contribution in [-0.4, -0.2) is 29.8 Å². The van der Waals surface area contributed by atoms with Gasteiger partial charge in [-0.15, -0.1) is 11.3 Å². The molecule has 0 spiro atoms. The van der Waals surface area contributed by atoms with Gasteiger partial charge in [-0.1, -0.05) is 0 Å². The first kappa shape index (κ1) is 14.8. The van der Waals surface area contributed by atoms with E-state index in [1.165, 1.54) is 24.0 Å². The van der Waals surface area contributed by atoms with Crippen LogP contribution in [0.5, 0.6) is 0 Å². The first-order valence-electron chi connectivity index (χ1n) is 7.40. The van der Waals surface area contributed by atoms with E-state index < -0.39 is 0 Å². The Balaban J connectivity index is 1.73. The van der Waals surface area contributed by atoms with Crippen LogP contribution in [0.2, 0.25) is 0 Å². The minimum Gasteiger partial charge on any atom is -0.459 e. The Morgan fingerprint density at radius 1 is 1.27 bits per heavy atom. The van der Waals surface area contributed by atoms with Gasteiger partial charge in [-0.25, -0.2) is 0 Å². The van der Waals surface area contributed by atoms with Gasteiger partial charge in [-0.2, -0.15) is 0 Å². The van der Waals surface area contributed by atoms with Crippen LogP contribution in [0.4, 0.5) is 5.00 Å². The Morgan fingerprint density at radius 3 is 2.73 bits per heavy atom. The van der Waals surface area contributed by atoms with Crippen molar-refractivity contribution in [2.45, 2.75) is 26.2 Å². The summed E-state index contributed by atoms with van der Waals surface area (Å²) in [7, 11) is 0. The molecule has 0 unspecified atom stereocenters. The number of carbonyl (C=O) groups is 2. The molecule has 0 bridgehead atoms. The fraction of sp³-hybridized carbons (Fsp3) is 0.375. The molecule has 3 heterocycles. The molecule has 3 rings (SSSR count). The third-order valence-electron chi connectivity index (χ3n) is 3.74. The molecule has 2 amide bonds. The summed E-state index contributed by atoms with van der Waals surface area (Å²) in [5.41, 5.74) is 0.898. The second kappa shape index (κ2) is 6.36. The summed E-state index contributed by atoms with van der Waals surface area (Å²) >= 11 is 1.32. The summed E-state index contributed by atoms with van der Waals surface area (Å²) in [6.45, 7) is 3.55. The minimum atomic E-state index is -0.303. The Kier molecular flexibility index (Phi) is 4.29. The van der Waals surface area contributed by atoms with Crippen LogP contribution >= 0.6 is 11.3 Å². The van der Waals surface area contributed by atoms with Crippen molar-refractivity contribution in [2.24, 2.45) is 0 Å². The molecule has 1 fully saturated rings. The molecule has 1 aliphatic heterocycles. The van der Waals surface area contributed by atoms with Gasteiger partial charge in [-0.05, 0) is 49.9 Å². The summed E-state index contributed by atoms with van der Waals surface area (Å²) in [6, 6.07) is 5.11. The van der Waals surface area contributed by atoms with Crippen LogP contribution in [0.15, 0.2) is 28.9 Å². The van der Waals surface area contributed by atoms with Crippen molar-refractivity contribution in [1.29, 1.82) is 0 Å². The zero-order chi connectivity index (χ0) is 15.5. The summed E-state index contributed by atoms with van der Waals surface area (Å²) in [5.74, 6) is 0.0267. The number of likely N-dealkylation sites (tertiary alicyclic amines) is 1. The number of thiophene rings is 1. The lowest BCUT2D eigenvalue weighted by atomic mass is 10.1. The normalized spacial score (nSPS) is 14.9. The van der Waals surface area contributed by atoms with Crippen LogP contribution in [0.25, 0.3) is 0 Å². The van der Waals surface area contributed by atoms with Gasteiger partial charge in [0.15, 0.2) is 5.76 Å². The molecule has 0 aromatic carbocycles. The average molecular weight is 318 g/mol. The Hall–Kier alpha value is -2.08. The van der Waals surface area contributed by atoms with Crippen molar-refractivity contribution >= 4 is 28.2 Å². The number of nitrogens with one attached hydrogen (secondary N) is 1. The molecule has 0 aliphatic carbocycles. The molecule has 0 radical (unpaired) electrons. The number of furan rings is 1. The van der Waals surface area contributed by atoms with Crippen LogP contribution in [0.3, 0.4) is 0 Å². The summed E-state index contributed by atoms with van der Waals surface area (Å²) in [5, 5.41) is 3.44. The van der Waals surface area contributed by atoms with Gasteiger partial charge in [-0.3, -0.25) is 9.59 Å². The van der Waals surface area contributed by atoms with Gasteiger partial charge < -0.3 is 14.6 Å². The molecule has 1 aliphatic rings. The Labute approximate surface area is 132 Å². The first-order chi connectivity index (χ1) is 10.6. The van der Waals surface area contributed by atoms with Crippen molar-refractivity contribution in [3.8, 4) is 0 Å². The van der Waals surface area contributed by atoms with E-state index in [1.807, 2.05) is 17.9 Å². The number of nitrogens with zero attached hydrogens (tertiary/aromatic N) is 1. The number of aryl methyl sites for hydroxylation is 1. The standard InChI is InChI=1S/C16H18N2O3S/c1-11-10-13(17-15(19)12-6-5-9-21-12)22-14(11)16(20)18-7-3-2-4-8-18/h5-6,9-10H,2-4,7-8H2,1H3,(H,17,19). The van der Waals surface area contributed by atoms with Crippen LogP contribution in [-0.2, 0) is 0 Å².